The van der Waals surface area contributed by atoms with E-state index < -0.39 is 0 Å². The van der Waals surface area contributed by atoms with Crippen molar-refractivity contribution in [3.63, 3.8) is 0 Å². The largest absolute Gasteiger partial charge is 0.483 e. The van der Waals surface area contributed by atoms with E-state index in [9.17, 15) is 4.79 Å². The summed E-state index contributed by atoms with van der Waals surface area (Å²) in [4.78, 5) is 22.8. The van der Waals surface area contributed by atoms with Crippen LogP contribution in [-0.4, -0.2) is 47.7 Å². The molecule has 2 heterocycles. The summed E-state index contributed by atoms with van der Waals surface area (Å²) in [6.07, 6.45) is 2.17. The molecule has 0 saturated carbocycles. The van der Waals surface area contributed by atoms with Crippen LogP contribution in [0.3, 0.4) is 0 Å². The predicted octanol–water partition coefficient (Wildman–Crippen LogP) is 1.70. The number of fused-ring (bicyclic) bond motifs is 2. The first-order chi connectivity index (χ1) is 9.67. The summed E-state index contributed by atoms with van der Waals surface area (Å²) in [7, 11) is 0. The summed E-state index contributed by atoms with van der Waals surface area (Å²) >= 11 is 0. The van der Waals surface area contributed by atoms with E-state index >= 15 is 0 Å². The number of benzene rings is 1. The molecular formula is C15H19NO4. The number of carboxylic acid groups (broad SMARTS) is 1. The summed E-state index contributed by atoms with van der Waals surface area (Å²) in [5, 5.41) is 6.89. The van der Waals surface area contributed by atoms with Gasteiger partial charge < -0.3 is 14.7 Å². The molecule has 2 aliphatic rings. The van der Waals surface area contributed by atoms with Crippen LogP contribution >= 0.6 is 0 Å². The lowest BCUT2D eigenvalue weighted by Gasteiger charge is -2.34. The molecule has 0 spiro atoms. The van der Waals surface area contributed by atoms with Crippen LogP contribution in [0.2, 0.25) is 0 Å². The summed E-state index contributed by atoms with van der Waals surface area (Å²) in [5.74, 6) is 0.167. The summed E-state index contributed by atoms with van der Waals surface area (Å²) in [6, 6.07) is 8.43. The van der Waals surface area contributed by atoms with Crippen LogP contribution in [0.15, 0.2) is 24.3 Å². The van der Waals surface area contributed by atoms with Crippen molar-refractivity contribution in [3.05, 3.63) is 35.4 Å². The lowest BCUT2D eigenvalue weighted by atomic mass is 10.1. The van der Waals surface area contributed by atoms with E-state index in [0.29, 0.717) is 25.3 Å². The van der Waals surface area contributed by atoms with Crippen molar-refractivity contribution in [1.82, 2.24) is 4.90 Å². The minimum atomic E-state index is -0.250. The second-order valence-corrected chi connectivity index (χ2v) is 5.11. The van der Waals surface area contributed by atoms with E-state index in [1.807, 2.05) is 36.1 Å². The minimum Gasteiger partial charge on any atom is -0.483 e. The zero-order chi connectivity index (χ0) is 14.5. The molecule has 5 heteroatoms. The van der Waals surface area contributed by atoms with Gasteiger partial charge in [-0.1, -0.05) is 17.7 Å². The van der Waals surface area contributed by atoms with E-state index in [0.717, 1.165) is 18.4 Å². The van der Waals surface area contributed by atoms with Crippen LogP contribution in [0.5, 0.6) is 0 Å². The second-order valence-electron chi connectivity index (χ2n) is 5.11. The number of carbonyl (C=O) groups is 2. The lowest BCUT2D eigenvalue weighted by molar-refractivity contribution is -0.122. The number of rotatable bonds is 1. The van der Waals surface area contributed by atoms with Crippen LogP contribution < -0.4 is 0 Å². The van der Waals surface area contributed by atoms with Crippen molar-refractivity contribution in [2.75, 3.05) is 13.2 Å². The van der Waals surface area contributed by atoms with E-state index in [4.69, 9.17) is 14.6 Å². The Balaban J connectivity index is 0.000000452. The van der Waals surface area contributed by atoms with Crippen LogP contribution in [0, 0.1) is 6.92 Å². The van der Waals surface area contributed by atoms with Gasteiger partial charge in [-0.2, -0.15) is 0 Å². The minimum absolute atomic E-state index is 0.167. The molecule has 0 radical (unpaired) electrons. The molecule has 1 aromatic carbocycles. The van der Waals surface area contributed by atoms with Crippen LogP contribution in [0.4, 0.5) is 0 Å². The van der Waals surface area contributed by atoms with Gasteiger partial charge in [-0.05, 0) is 31.9 Å². The van der Waals surface area contributed by atoms with Crippen molar-refractivity contribution in [3.8, 4) is 0 Å². The maximum absolute atomic E-state index is 12.4. The molecule has 5 nitrogen and oxygen atoms in total. The first kappa shape index (κ1) is 14.5. The number of hydrogen-bond donors (Lipinski definition) is 1. The Bertz CT molecular complexity index is 455. The number of ether oxygens (including phenoxy) is 1. The zero-order valence-corrected chi connectivity index (χ0v) is 11.5. The number of carbonyl (C=O) groups excluding carboxylic acids is 1. The maximum atomic E-state index is 12.4. The summed E-state index contributed by atoms with van der Waals surface area (Å²) < 4.78 is 5.50. The topological polar surface area (TPSA) is 66.8 Å². The van der Waals surface area contributed by atoms with E-state index in [1.54, 1.807) is 0 Å². The lowest BCUT2D eigenvalue weighted by Crippen LogP contribution is -2.49. The van der Waals surface area contributed by atoms with Crippen molar-refractivity contribution in [1.29, 1.82) is 0 Å². The number of nitrogens with zero attached hydrogens (tertiary/aromatic N) is 1. The van der Waals surface area contributed by atoms with Gasteiger partial charge in [0.2, 0.25) is 0 Å². The highest BCUT2D eigenvalue weighted by molar-refractivity contribution is 5.95. The molecule has 1 amide bonds. The Morgan fingerprint density at radius 2 is 1.75 bits per heavy atom. The maximum Gasteiger partial charge on any atom is 0.290 e. The highest BCUT2D eigenvalue weighted by Gasteiger charge is 2.40. The number of morpholine rings is 1. The van der Waals surface area contributed by atoms with Gasteiger partial charge in [0, 0.05) is 5.56 Å². The Morgan fingerprint density at radius 1 is 1.25 bits per heavy atom. The fraction of sp³-hybridized carbons (Fsp3) is 0.467. The van der Waals surface area contributed by atoms with Gasteiger partial charge in [0.1, 0.15) is 0 Å². The molecule has 108 valence electrons. The molecule has 1 N–H and O–H groups in total. The third-order valence-electron chi connectivity index (χ3n) is 3.77. The highest BCUT2D eigenvalue weighted by atomic mass is 16.5. The highest BCUT2D eigenvalue weighted by Crippen LogP contribution is 2.30. The SMILES string of the molecule is Cc1ccc(C(=O)N2C3CCC2COC3)cc1.O=CO. The van der Waals surface area contributed by atoms with Crippen molar-refractivity contribution in [2.24, 2.45) is 0 Å². The summed E-state index contributed by atoms with van der Waals surface area (Å²) in [6.45, 7) is 3.19. The number of amides is 1. The van der Waals surface area contributed by atoms with Gasteiger partial charge in [-0.3, -0.25) is 9.59 Å². The van der Waals surface area contributed by atoms with Crippen molar-refractivity contribution in [2.45, 2.75) is 31.8 Å². The first-order valence-corrected chi connectivity index (χ1v) is 6.72. The molecule has 1 aromatic rings. The Morgan fingerprint density at radius 3 is 2.25 bits per heavy atom. The second kappa shape index (κ2) is 6.52. The van der Waals surface area contributed by atoms with Crippen LogP contribution in [0.25, 0.3) is 0 Å². The molecule has 20 heavy (non-hydrogen) atoms. The average molecular weight is 277 g/mol. The quantitative estimate of drug-likeness (QED) is 0.793. The molecule has 2 fully saturated rings. The Labute approximate surface area is 118 Å². The van der Waals surface area contributed by atoms with E-state index in [2.05, 4.69) is 0 Å². The normalized spacial score (nSPS) is 23.8. The predicted molar refractivity (Wildman–Crippen MR) is 73.7 cm³/mol. The molecule has 2 saturated heterocycles. The van der Waals surface area contributed by atoms with Crippen molar-refractivity contribution >= 4 is 12.4 Å². The van der Waals surface area contributed by atoms with Gasteiger partial charge in [0.25, 0.3) is 12.4 Å². The standard InChI is InChI=1S/C14H17NO2.CH2O2/c1-10-2-4-11(5-3-10)14(16)15-12-6-7-13(15)9-17-8-12;2-1-3/h2-5,12-13H,6-9H2,1H3;1H,(H,2,3). The molecular weight excluding hydrogens is 258 g/mol. The molecule has 2 bridgehead atoms. The zero-order valence-electron chi connectivity index (χ0n) is 11.5. The smallest absolute Gasteiger partial charge is 0.290 e. The fourth-order valence-electron chi connectivity index (χ4n) is 2.81. The number of aryl methyl sites for hydroxylation is 1. The fourth-order valence-corrected chi connectivity index (χ4v) is 2.81. The van der Waals surface area contributed by atoms with Gasteiger partial charge in [-0.25, -0.2) is 0 Å². The van der Waals surface area contributed by atoms with E-state index in [1.165, 1.54) is 5.56 Å². The van der Waals surface area contributed by atoms with Gasteiger partial charge in [0.05, 0.1) is 25.3 Å². The Hall–Kier alpha value is -1.88. The third kappa shape index (κ3) is 2.99. The monoisotopic (exact) mass is 277 g/mol. The van der Waals surface area contributed by atoms with Crippen LogP contribution in [-0.2, 0) is 9.53 Å². The number of hydrogen-bond acceptors (Lipinski definition) is 3. The molecule has 3 rings (SSSR count). The molecule has 0 aromatic heterocycles. The van der Waals surface area contributed by atoms with E-state index in [-0.39, 0.29) is 12.4 Å². The van der Waals surface area contributed by atoms with Gasteiger partial charge in [0.15, 0.2) is 0 Å². The first-order valence-electron chi connectivity index (χ1n) is 6.72. The molecule has 0 aliphatic carbocycles. The van der Waals surface area contributed by atoms with Crippen LogP contribution in [0.1, 0.15) is 28.8 Å². The molecule has 2 aliphatic heterocycles. The Kier molecular flexibility index (Phi) is 4.74. The summed E-state index contributed by atoms with van der Waals surface area (Å²) in [5.41, 5.74) is 1.99. The third-order valence-corrected chi connectivity index (χ3v) is 3.77. The van der Waals surface area contributed by atoms with Gasteiger partial charge >= 0.3 is 0 Å². The van der Waals surface area contributed by atoms with Gasteiger partial charge in [-0.15, -0.1) is 0 Å². The molecule has 2 atom stereocenters. The van der Waals surface area contributed by atoms with Crippen molar-refractivity contribution < 1.29 is 19.4 Å². The molecule has 2 unspecified atom stereocenters. The average Bonchev–Trinajstić information content (AvgIpc) is 2.69.